The third-order valence-electron chi connectivity index (χ3n) is 3.11. The summed E-state index contributed by atoms with van der Waals surface area (Å²) in [4.78, 5) is 9.79. The molecule has 2 heterocycles. The molecule has 0 N–H and O–H groups in total. The van der Waals surface area contributed by atoms with E-state index >= 15 is 0 Å². The van der Waals surface area contributed by atoms with Crippen LogP contribution in [0.1, 0.15) is 23.5 Å². The van der Waals surface area contributed by atoms with Crippen LogP contribution in [-0.2, 0) is 12.4 Å². The van der Waals surface area contributed by atoms with Crippen LogP contribution < -0.4 is 0 Å². The van der Waals surface area contributed by atoms with E-state index in [-0.39, 0.29) is 0 Å². The van der Waals surface area contributed by atoms with Gasteiger partial charge in [-0.1, -0.05) is 0 Å². The highest BCUT2D eigenvalue weighted by atomic mass is 35.5. The van der Waals surface area contributed by atoms with Crippen molar-refractivity contribution in [3.63, 3.8) is 0 Å². The zero-order valence-corrected chi connectivity index (χ0v) is 12.8. The van der Waals surface area contributed by atoms with Crippen LogP contribution in [0.5, 0.6) is 0 Å². The molecule has 2 rings (SSSR count). The second kappa shape index (κ2) is 6.96. The molecule has 0 saturated heterocycles. The Labute approximate surface area is 123 Å². The summed E-state index contributed by atoms with van der Waals surface area (Å²) >= 11 is 7.74. The van der Waals surface area contributed by atoms with Gasteiger partial charge >= 0.3 is 0 Å². The van der Waals surface area contributed by atoms with Crippen LogP contribution in [0.4, 0.5) is 0 Å². The van der Waals surface area contributed by atoms with Gasteiger partial charge in [-0.3, -0.25) is 4.98 Å². The van der Waals surface area contributed by atoms with E-state index in [1.807, 2.05) is 37.3 Å². The number of alkyl halides is 1. The Hall–Kier alpha value is -1.00. The van der Waals surface area contributed by atoms with Crippen LogP contribution in [0.15, 0.2) is 29.6 Å². The molecule has 0 spiro atoms. The SMILES string of the molecule is Cc1c(SCCCn2ccnc2C)ccnc1CCl. The summed E-state index contributed by atoms with van der Waals surface area (Å²) in [6.45, 7) is 5.14. The fourth-order valence-corrected chi connectivity index (χ4v) is 3.16. The molecule has 3 nitrogen and oxygen atoms in total. The summed E-state index contributed by atoms with van der Waals surface area (Å²) < 4.78 is 2.18. The van der Waals surface area contributed by atoms with Gasteiger partial charge in [0.05, 0.1) is 11.6 Å². The van der Waals surface area contributed by atoms with Crippen molar-refractivity contribution in [3.8, 4) is 0 Å². The molecule has 2 aromatic rings. The first-order chi connectivity index (χ1) is 9.22. The third-order valence-corrected chi connectivity index (χ3v) is 4.61. The van der Waals surface area contributed by atoms with Gasteiger partial charge in [-0.15, -0.1) is 23.4 Å². The normalized spacial score (nSPS) is 10.9. The van der Waals surface area contributed by atoms with E-state index in [2.05, 4.69) is 27.5 Å². The first-order valence-electron chi connectivity index (χ1n) is 6.33. The van der Waals surface area contributed by atoms with Crippen LogP contribution in [0.3, 0.4) is 0 Å². The van der Waals surface area contributed by atoms with E-state index in [4.69, 9.17) is 11.6 Å². The Bertz CT molecular complexity index is 539. The largest absolute Gasteiger partial charge is 0.335 e. The van der Waals surface area contributed by atoms with Crippen LogP contribution in [0.2, 0.25) is 0 Å². The van der Waals surface area contributed by atoms with Gasteiger partial charge in [-0.25, -0.2) is 4.98 Å². The lowest BCUT2D eigenvalue weighted by atomic mass is 10.2. The first-order valence-corrected chi connectivity index (χ1v) is 7.85. The van der Waals surface area contributed by atoms with Crippen molar-refractivity contribution in [1.82, 2.24) is 14.5 Å². The quantitative estimate of drug-likeness (QED) is 0.461. The molecule has 102 valence electrons. The Morgan fingerprint density at radius 1 is 1.26 bits per heavy atom. The Balaban J connectivity index is 1.85. The van der Waals surface area contributed by atoms with E-state index in [1.54, 1.807) is 0 Å². The molecule has 0 atom stereocenters. The molecule has 0 aromatic carbocycles. The number of aryl methyl sites for hydroxylation is 2. The van der Waals surface area contributed by atoms with Gasteiger partial charge in [0, 0.05) is 30.0 Å². The minimum atomic E-state index is 0.481. The average Bonchev–Trinajstić information content (AvgIpc) is 2.82. The Kier molecular flexibility index (Phi) is 5.28. The number of rotatable bonds is 6. The second-order valence-corrected chi connectivity index (χ2v) is 5.79. The maximum atomic E-state index is 5.87. The van der Waals surface area contributed by atoms with Gasteiger partial charge in [0.25, 0.3) is 0 Å². The molecule has 5 heteroatoms. The lowest BCUT2D eigenvalue weighted by Crippen LogP contribution is -2.00. The summed E-state index contributed by atoms with van der Waals surface area (Å²) in [7, 11) is 0. The number of nitrogens with zero attached hydrogens (tertiary/aromatic N) is 3. The molecule has 19 heavy (non-hydrogen) atoms. The van der Waals surface area contributed by atoms with Gasteiger partial charge in [0.1, 0.15) is 5.82 Å². The molecular weight excluding hydrogens is 278 g/mol. The van der Waals surface area contributed by atoms with Gasteiger partial charge < -0.3 is 4.57 Å². The van der Waals surface area contributed by atoms with Crippen LogP contribution in [-0.4, -0.2) is 20.3 Å². The Morgan fingerprint density at radius 3 is 2.79 bits per heavy atom. The van der Waals surface area contributed by atoms with Crippen molar-refractivity contribution in [1.29, 1.82) is 0 Å². The highest BCUT2D eigenvalue weighted by molar-refractivity contribution is 7.99. The van der Waals surface area contributed by atoms with Crippen LogP contribution >= 0.6 is 23.4 Å². The molecular formula is C14H18ClN3S. The van der Waals surface area contributed by atoms with E-state index < -0.39 is 0 Å². The van der Waals surface area contributed by atoms with Gasteiger partial charge in [-0.05, 0) is 37.7 Å². The zero-order chi connectivity index (χ0) is 13.7. The molecule has 0 saturated carbocycles. The van der Waals surface area contributed by atoms with Crippen molar-refractivity contribution in [2.45, 2.75) is 37.6 Å². The molecule has 0 aliphatic rings. The lowest BCUT2D eigenvalue weighted by molar-refractivity contribution is 0.662. The number of aromatic nitrogens is 3. The molecule has 0 aliphatic carbocycles. The predicted molar refractivity (Wildman–Crippen MR) is 80.8 cm³/mol. The summed E-state index contributed by atoms with van der Waals surface area (Å²) in [6, 6.07) is 2.07. The van der Waals surface area contributed by atoms with Crippen molar-refractivity contribution in [2.75, 3.05) is 5.75 Å². The van der Waals surface area contributed by atoms with Crippen molar-refractivity contribution < 1.29 is 0 Å². The first kappa shape index (κ1) is 14.4. The number of hydrogen-bond acceptors (Lipinski definition) is 3. The fraction of sp³-hybridized carbons (Fsp3) is 0.429. The molecule has 0 radical (unpaired) electrons. The summed E-state index contributed by atoms with van der Waals surface area (Å²) in [5.41, 5.74) is 2.19. The molecule has 2 aromatic heterocycles. The molecule has 0 bridgehead atoms. The van der Waals surface area contributed by atoms with Crippen molar-refractivity contribution in [3.05, 3.63) is 41.7 Å². The topological polar surface area (TPSA) is 30.7 Å². The number of pyridine rings is 1. The number of imidazole rings is 1. The maximum Gasteiger partial charge on any atom is 0.105 e. The summed E-state index contributed by atoms with van der Waals surface area (Å²) in [5, 5.41) is 0. The second-order valence-electron chi connectivity index (χ2n) is 4.38. The monoisotopic (exact) mass is 295 g/mol. The highest BCUT2D eigenvalue weighted by Gasteiger charge is 2.05. The molecule has 0 aliphatic heterocycles. The van der Waals surface area contributed by atoms with E-state index in [9.17, 15) is 0 Å². The van der Waals surface area contributed by atoms with E-state index in [0.717, 1.165) is 30.2 Å². The van der Waals surface area contributed by atoms with Gasteiger partial charge in [0.15, 0.2) is 0 Å². The average molecular weight is 296 g/mol. The van der Waals surface area contributed by atoms with Crippen molar-refractivity contribution in [2.24, 2.45) is 0 Å². The number of hydrogen-bond donors (Lipinski definition) is 0. The molecule has 0 amide bonds. The van der Waals surface area contributed by atoms with Gasteiger partial charge in [-0.2, -0.15) is 0 Å². The summed E-state index contributed by atoms with van der Waals surface area (Å²) in [6.07, 6.45) is 6.85. The van der Waals surface area contributed by atoms with E-state index in [0.29, 0.717) is 5.88 Å². The van der Waals surface area contributed by atoms with Crippen molar-refractivity contribution >= 4 is 23.4 Å². The minimum Gasteiger partial charge on any atom is -0.335 e. The molecule has 0 unspecified atom stereocenters. The number of halogens is 1. The fourth-order valence-electron chi connectivity index (χ4n) is 1.91. The van der Waals surface area contributed by atoms with Crippen LogP contribution in [0, 0.1) is 13.8 Å². The van der Waals surface area contributed by atoms with Gasteiger partial charge in [0.2, 0.25) is 0 Å². The lowest BCUT2D eigenvalue weighted by Gasteiger charge is -2.09. The van der Waals surface area contributed by atoms with E-state index in [1.165, 1.54) is 10.5 Å². The molecule has 0 fully saturated rings. The smallest absolute Gasteiger partial charge is 0.105 e. The predicted octanol–water partition coefficient (Wildman–Crippen LogP) is 3.82. The standard InChI is InChI=1S/C14H18ClN3S/c1-11-13(10-15)17-5-4-14(11)19-9-3-7-18-8-6-16-12(18)2/h4-6,8H,3,7,9-10H2,1-2H3. The number of thioether (sulfide) groups is 1. The highest BCUT2D eigenvalue weighted by Crippen LogP contribution is 2.25. The van der Waals surface area contributed by atoms with Crippen LogP contribution in [0.25, 0.3) is 0 Å². The zero-order valence-electron chi connectivity index (χ0n) is 11.3. The Morgan fingerprint density at radius 2 is 2.11 bits per heavy atom. The third kappa shape index (κ3) is 3.74. The minimum absolute atomic E-state index is 0.481. The summed E-state index contributed by atoms with van der Waals surface area (Å²) in [5.74, 6) is 2.65. The maximum absolute atomic E-state index is 5.87.